The van der Waals surface area contributed by atoms with Crippen molar-refractivity contribution >= 4 is 22.2 Å². The molecule has 0 spiro atoms. The maximum atomic E-state index is 12.5. The van der Waals surface area contributed by atoms with Crippen molar-refractivity contribution in [1.29, 1.82) is 0 Å². The molecule has 0 aromatic carbocycles. The number of nitrogens with one attached hydrogen (secondary N) is 1. The molecule has 0 aliphatic carbocycles. The van der Waals surface area contributed by atoms with E-state index >= 15 is 0 Å². The summed E-state index contributed by atoms with van der Waals surface area (Å²) in [6, 6.07) is -0.145. The number of carbonyl (C=O) groups excluding carboxylic acids is 1. The Morgan fingerprint density at radius 3 is 2.86 bits per heavy atom. The van der Waals surface area contributed by atoms with Crippen molar-refractivity contribution in [3.63, 3.8) is 0 Å². The second-order valence-electron chi connectivity index (χ2n) is 4.93. The second kappa shape index (κ2) is 6.36. The fourth-order valence-electron chi connectivity index (χ4n) is 2.13. The summed E-state index contributed by atoms with van der Waals surface area (Å²) < 4.78 is 1.47. The Bertz CT molecular complexity index is 720. The Balaban J connectivity index is 2.38. The first-order valence-corrected chi connectivity index (χ1v) is 7.70. The number of rotatable bonds is 5. The summed E-state index contributed by atoms with van der Waals surface area (Å²) in [6.07, 6.45) is 2.49. The van der Waals surface area contributed by atoms with Gasteiger partial charge in [-0.15, -0.1) is 11.3 Å². The molecule has 0 saturated heterocycles. The van der Waals surface area contributed by atoms with E-state index in [0.717, 1.165) is 10.6 Å². The zero-order valence-electron chi connectivity index (χ0n) is 12.3. The number of nitrogens with zero attached hydrogens (tertiary/aromatic N) is 2. The molecule has 1 atom stereocenters. The Kier molecular flexibility index (Phi) is 4.74. The average molecular weight is 309 g/mol. The molecule has 2 N–H and O–H groups in total. The standard InChI is InChI=1S/C14H19N3O3S/c1-4-10(5-6-18)16-12(19)11-7-15-14-17(13(11)20)8(2)9(3)21-14/h7,10,18H,4-6H2,1-3H3,(H,16,19). The van der Waals surface area contributed by atoms with Crippen LogP contribution in [-0.4, -0.2) is 33.0 Å². The molecule has 0 bridgehead atoms. The van der Waals surface area contributed by atoms with E-state index in [1.807, 2.05) is 20.8 Å². The number of hydrogen-bond acceptors (Lipinski definition) is 5. The average Bonchev–Trinajstić information content (AvgIpc) is 2.74. The number of amides is 1. The van der Waals surface area contributed by atoms with Gasteiger partial charge in [-0.3, -0.25) is 14.0 Å². The molecule has 2 aromatic rings. The maximum absolute atomic E-state index is 12.5. The van der Waals surface area contributed by atoms with Crippen LogP contribution in [0.5, 0.6) is 0 Å². The lowest BCUT2D eigenvalue weighted by Crippen LogP contribution is -2.38. The number of aromatic nitrogens is 2. The van der Waals surface area contributed by atoms with E-state index in [1.165, 1.54) is 21.9 Å². The van der Waals surface area contributed by atoms with Crippen LogP contribution in [0, 0.1) is 13.8 Å². The minimum absolute atomic E-state index is 0.00210. The van der Waals surface area contributed by atoms with E-state index in [-0.39, 0.29) is 23.8 Å². The van der Waals surface area contributed by atoms with E-state index in [4.69, 9.17) is 5.11 Å². The van der Waals surface area contributed by atoms with Crippen molar-refractivity contribution in [1.82, 2.24) is 14.7 Å². The number of carbonyl (C=O) groups is 1. The summed E-state index contributed by atoms with van der Waals surface area (Å²) in [6.45, 7) is 5.67. The fourth-order valence-corrected chi connectivity index (χ4v) is 3.06. The van der Waals surface area contributed by atoms with Gasteiger partial charge in [0.25, 0.3) is 11.5 Å². The van der Waals surface area contributed by atoms with Crippen LogP contribution in [0.1, 0.15) is 40.7 Å². The summed E-state index contributed by atoms with van der Waals surface area (Å²) in [5.74, 6) is -0.439. The van der Waals surface area contributed by atoms with Crippen LogP contribution < -0.4 is 10.9 Å². The van der Waals surface area contributed by atoms with Gasteiger partial charge >= 0.3 is 0 Å². The van der Waals surface area contributed by atoms with E-state index in [2.05, 4.69) is 10.3 Å². The van der Waals surface area contributed by atoms with E-state index < -0.39 is 5.91 Å². The predicted molar refractivity (Wildman–Crippen MR) is 82.1 cm³/mol. The molecular formula is C14H19N3O3S. The van der Waals surface area contributed by atoms with Crippen molar-refractivity contribution in [2.24, 2.45) is 0 Å². The summed E-state index contributed by atoms with van der Waals surface area (Å²) >= 11 is 1.43. The van der Waals surface area contributed by atoms with Gasteiger partial charge in [0.2, 0.25) is 0 Å². The molecule has 2 heterocycles. The van der Waals surface area contributed by atoms with Crippen LogP contribution in [0.15, 0.2) is 11.0 Å². The number of hydrogen-bond donors (Lipinski definition) is 2. The van der Waals surface area contributed by atoms with Gasteiger partial charge in [-0.25, -0.2) is 4.98 Å². The van der Waals surface area contributed by atoms with Crippen LogP contribution in [0.4, 0.5) is 0 Å². The lowest BCUT2D eigenvalue weighted by Gasteiger charge is -2.15. The molecule has 21 heavy (non-hydrogen) atoms. The molecule has 0 aliphatic heterocycles. The highest BCUT2D eigenvalue weighted by atomic mass is 32.1. The lowest BCUT2D eigenvalue weighted by atomic mass is 10.1. The third-order valence-electron chi connectivity index (χ3n) is 3.57. The van der Waals surface area contributed by atoms with Gasteiger partial charge in [-0.05, 0) is 26.7 Å². The van der Waals surface area contributed by atoms with Crippen molar-refractivity contribution in [3.05, 3.63) is 32.7 Å². The Hall–Kier alpha value is -1.73. The molecule has 0 aliphatic rings. The second-order valence-corrected chi connectivity index (χ2v) is 6.11. The maximum Gasteiger partial charge on any atom is 0.271 e. The Morgan fingerprint density at radius 1 is 1.52 bits per heavy atom. The van der Waals surface area contributed by atoms with E-state index in [1.54, 1.807) is 0 Å². The highest BCUT2D eigenvalue weighted by Gasteiger charge is 2.18. The highest BCUT2D eigenvalue weighted by molar-refractivity contribution is 7.17. The smallest absolute Gasteiger partial charge is 0.271 e. The first kappa shape index (κ1) is 15.7. The molecule has 0 fully saturated rings. The topological polar surface area (TPSA) is 83.7 Å². The number of fused-ring (bicyclic) bond motifs is 1. The van der Waals surface area contributed by atoms with Gasteiger partial charge in [0.05, 0.1) is 0 Å². The van der Waals surface area contributed by atoms with E-state index in [9.17, 15) is 9.59 Å². The third kappa shape index (κ3) is 2.98. The highest BCUT2D eigenvalue weighted by Crippen LogP contribution is 2.18. The molecule has 0 saturated carbocycles. The van der Waals surface area contributed by atoms with Gasteiger partial charge < -0.3 is 10.4 Å². The quantitative estimate of drug-likeness (QED) is 0.871. The molecule has 6 nitrogen and oxygen atoms in total. The molecule has 114 valence electrons. The summed E-state index contributed by atoms with van der Waals surface area (Å²) in [5, 5.41) is 11.7. The van der Waals surface area contributed by atoms with Crippen LogP contribution in [0.3, 0.4) is 0 Å². The fraction of sp³-hybridized carbons (Fsp3) is 0.500. The Morgan fingerprint density at radius 2 is 2.24 bits per heavy atom. The van der Waals surface area contributed by atoms with Gasteiger partial charge in [0.15, 0.2) is 4.96 Å². The number of thiazole rings is 1. The Labute approximate surface area is 126 Å². The minimum atomic E-state index is -0.439. The van der Waals surface area contributed by atoms with Crippen LogP contribution in [-0.2, 0) is 0 Å². The molecule has 0 radical (unpaired) electrons. The molecular weight excluding hydrogens is 290 g/mol. The third-order valence-corrected chi connectivity index (χ3v) is 4.64. The molecule has 2 aromatic heterocycles. The monoisotopic (exact) mass is 309 g/mol. The summed E-state index contributed by atoms with van der Waals surface area (Å²) in [4.78, 5) is 30.5. The molecule has 1 unspecified atom stereocenters. The van der Waals surface area contributed by atoms with Crippen molar-refractivity contribution < 1.29 is 9.90 Å². The number of aliphatic hydroxyl groups is 1. The van der Waals surface area contributed by atoms with E-state index in [0.29, 0.717) is 17.8 Å². The van der Waals surface area contributed by atoms with Crippen molar-refractivity contribution in [2.75, 3.05) is 6.61 Å². The SMILES string of the molecule is CCC(CCO)NC(=O)c1cnc2sc(C)c(C)n2c1=O. The first-order valence-electron chi connectivity index (χ1n) is 6.89. The predicted octanol–water partition coefficient (Wildman–Crippen LogP) is 1.26. The lowest BCUT2D eigenvalue weighted by molar-refractivity contribution is 0.0927. The molecule has 2 rings (SSSR count). The largest absolute Gasteiger partial charge is 0.396 e. The first-order chi connectivity index (χ1) is 9.99. The minimum Gasteiger partial charge on any atom is -0.396 e. The van der Waals surface area contributed by atoms with Gasteiger partial charge in [-0.2, -0.15) is 0 Å². The zero-order chi connectivity index (χ0) is 15.6. The van der Waals surface area contributed by atoms with Gasteiger partial charge in [0.1, 0.15) is 5.56 Å². The number of aryl methyl sites for hydroxylation is 2. The van der Waals surface area contributed by atoms with Crippen LogP contribution in [0.2, 0.25) is 0 Å². The molecule has 7 heteroatoms. The molecule has 1 amide bonds. The number of aliphatic hydroxyl groups excluding tert-OH is 1. The summed E-state index contributed by atoms with van der Waals surface area (Å²) in [7, 11) is 0. The van der Waals surface area contributed by atoms with Gasteiger partial charge in [0, 0.05) is 29.4 Å². The van der Waals surface area contributed by atoms with Crippen molar-refractivity contribution in [3.8, 4) is 0 Å². The van der Waals surface area contributed by atoms with Gasteiger partial charge in [-0.1, -0.05) is 6.92 Å². The van der Waals surface area contributed by atoms with Crippen LogP contribution in [0.25, 0.3) is 4.96 Å². The van der Waals surface area contributed by atoms with Crippen molar-refractivity contribution in [2.45, 2.75) is 39.7 Å². The normalized spacial score (nSPS) is 12.6. The van der Waals surface area contributed by atoms with Crippen LogP contribution >= 0.6 is 11.3 Å². The summed E-state index contributed by atoms with van der Waals surface area (Å²) in [5.41, 5.74) is 0.493. The zero-order valence-corrected chi connectivity index (χ0v) is 13.2.